The summed E-state index contributed by atoms with van der Waals surface area (Å²) in [7, 11) is -0.968. The number of hydrogen-bond acceptors (Lipinski definition) is 3. The lowest BCUT2D eigenvalue weighted by molar-refractivity contribution is -0.137. The molecule has 0 bridgehead atoms. The van der Waals surface area contributed by atoms with Crippen molar-refractivity contribution in [1.82, 2.24) is 4.31 Å². The normalized spacial score (nSPS) is 12.3. The van der Waals surface area contributed by atoms with Gasteiger partial charge in [0.05, 0.1) is 10.5 Å². The van der Waals surface area contributed by atoms with Crippen molar-refractivity contribution in [2.75, 3.05) is 19.4 Å². The second-order valence-corrected chi connectivity index (χ2v) is 7.92. The predicted molar refractivity (Wildman–Crippen MR) is 91.4 cm³/mol. The number of rotatable bonds is 4. The van der Waals surface area contributed by atoms with Crippen molar-refractivity contribution in [2.45, 2.75) is 18.0 Å². The number of anilines is 1. The Hall–Kier alpha value is -2.39. The molecule has 0 heterocycles. The SMILES string of the molecule is Cc1ccc(NC(=O)c2cccc(C(F)(F)F)c2)cc1S(=O)(=O)N(C)C. The topological polar surface area (TPSA) is 66.5 Å². The molecule has 1 amide bonds. The quantitative estimate of drug-likeness (QED) is 0.874. The van der Waals surface area contributed by atoms with Crippen LogP contribution in [0.5, 0.6) is 0 Å². The lowest BCUT2D eigenvalue weighted by atomic mass is 10.1. The minimum Gasteiger partial charge on any atom is -0.322 e. The predicted octanol–water partition coefficient (Wildman–Crippen LogP) is 3.52. The van der Waals surface area contributed by atoms with Gasteiger partial charge in [0, 0.05) is 25.3 Å². The zero-order valence-corrected chi connectivity index (χ0v) is 15.1. The highest BCUT2D eigenvalue weighted by Crippen LogP contribution is 2.30. The highest BCUT2D eigenvalue weighted by molar-refractivity contribution is 7.89. The largest absolute Gasteiger partial charge is 0.416 e. The molecule has 0 aliphatic heterocycles. The minimum atomic E-state index is -4.56. The smallest absolute Gasteiger partial charge is 0.322 e. The Balaban J connectivity index is 2.34. The molecular weight excluding hydrogens is 369 g/mol. The lowest BCUT2D eigenvalue weighted by Gasteiger charge is -2.15. The number of carbonyl (C=O) groups excluding carboxylic acids is 1. The van der Waals surface area contributed by atoms with Gasteiger partial charge in [0.15, 0.2) is 0 Å². The number of amides is 1. The summed E-state index contributed by atoms with van der Waals surface area (Å²) in [4.78, 5) is 12.2. The van der Waals surface area contributed by atoms with Crippen LogP contribution in [-0.2, 0) is 16.2 Å². The second-order valence-electron chi connectivity index (χ2n) is 5.80. The van der Waals surface area contributed by atoms with Crippen molar-refractivity contribution in [3.05, 3.63) is 59.2 Å². The Morgan fingerprint density at radius 3 is 2.31 bits per heavy atom. The number of benzene rings is 2. The fraction of sp³-hybridized carbons (Fsp3) is 0.235. The number of sulfonamides is 1. The fourth-order valence-electron chi connectivity index (χ4n) is 2.19. The van der Waals surface area contributed by atoms with Crippen LogP contribution in [0.25, 0.3) is 0 Å². The van der Waals surface area contributed by atoms with E-state index in [2.05, 4.69) is 5.32 Å². The molecule has 26 heavy (non-hydrogen) atoms. The van der Waals surface area contributed by atoms with Crippen LogP contribution >= 0.6 is 0 Å². The number of halogens is 3. The van der Waals surface area contributed by atoms with Gasteiger partial charge in [-0.1, -0.05) is 12.1 Å². The molecule has 140 valence electrons. The summed E-state index contributed by atoms with van der Waals surface area (Å²) in [5.74, 6) is -0.770. The van der Waals surface area contributed by atoms with E-state index in [-0.39, 0.29) is 16.1 Å². The van der Waals surface area contributed by atoms with Gasteiger partial charge in [0.1, 0.15) is 0 Å². The van der Waals surface area contributed by atoms with E-state index < -0.39 is 27.7 Å². The van der Waals surface area contributed by atoms with E-state index >= 15 is 0 Å². The van der Waals surface area contributed by atoms with E-state index in [9.17, 15) is 26.4 Å². The van der Waals surface area contributed by atoms with Crippen LogP contribution in [0.2, 0.25) is 0 Å². The molecule has 2 rings (SSSR count). The van der Waals surface area contributed by atoms with Gasteiger partial charge >= 0.3 is 6.18 Å². The van der Waals surface area contributed by atoms with Crippen LogP contribution in [0, 0.1) is 6.92 Å². The Labute approximate surface area is 149 Å². The van der Waals surface area contributed by atoms with E-state index in [1.165, 1.54) is 38.4 Å². The third-order valence-corrected chi connectivity index (χ3v) is 5.61. The summed E-state index contributed by atoms with van der Waals surface area (Å²) in [6.45, 7) is 1.61. The second kappa shape index (κ2) is 7.08. The highest BCUT2D eigenvalue weighted by atomic mass is 32.2. The Kier molecular flexibility index (Phi) is 5.43. The summed E-state index contributed by atoms with van der Waals surface area (Å²) in [6, 6.07) is 8.25. The minimum absolute atomic E-state index is 0.00402. The van der Waals surface area contributed by atoms with Crippen molar-refractivity contribution in [3.8, 4) is 0 Å². The number of carbonyl (C=O) groups is 1. The molecule has 0 radical (unpaired) electrons. The molecule has 5 nitrogen and oxygen atoms in total. The van der Waals surface area contributed by atoms with Crippen LogP contribution in [0.15, 0.2) is 47.4 Å². The molecule has 1 N–H and O–H groups in total. The molecule has 0 aromatic heterocycles. The first-order chi connectivity index (χ1) is 11.9. The zero-order chi connectivity index (χ0) is 19.7. The highest BCUT2D eigenvalue weighted by Gasteiger charge is 2.31. The number of aryl methyl sites for hydroxylation is 1. The van der Waals surface area contributed by atoms with E-state index in [1.54, 1.807) is 6.92 Å². The van der Waals surface area contributed by atoms with Crippen LogP contribution in [0.1, 0.15) is 21.5 Å². The van der Waals surface area contributed by atoms with Gasteiger partial charge in [-0.25, -0.2) is 12.7 Å². The molecule has 0 aliphatic carbocycles. The molecule has 2 aromatic carbocycles. The van der Waals surface area contributed by atoms with Crippen LogP contribution in [0.4, 0.5) is 18.9 Å². The van der Waals surface area contributed by atoms with Gasteiger partial charge in [0.25, 0.3) is 5.91 Å². The van der Waals surface area contributed by atoms with Crippen molar-refractivity contribution in [3.63, 3.8) is 0 Å². The van der Waals surface area contributed by atoms with Gasteiger partial charge in [-0.3, -0.25) is 4.79 Å². The number of alkyl halides is 3. The monoisotopic (exact) mass is 386 g/mol. The van der Waals surface area contributed by atoms with Crippen LogP contribution < -0.4 is 5.32 Å². The van der Waals surface area contributed by atoms with Gasteiger partial charge in [-0.15, -0.1) is 0 Å². The maximum atomic E-state index is 12.8. The molecule has 0 fully saturated rings. The van der Waals surface area contributed by atoms with Gasteiger partial charge < -0.3 is 5.32 Å². The number of nitrogens with zero attached hydrogens (tertiary/aromatic N) is 1. The van der Waals surface area contributed by atoms with Gasteiger partial charge in [0.2, 0.25) is 10.0 Å². The average molecular weight is 386 g/mol. The van der Waals surface area contributed by atoms with Gasteiger partial charge in [-0.05, 0) is 42.8 Å². The lowest BCUT2D eigenvalue weighted by Crippen LogP contribution is -2.23. The molecule has 0 atom stereocenters. The Bertz CT molecular complexity index is 939. The fourth-order valence-corrected chi connectivity index (χ4v) is 3.34. The summed E-state index contributed by atoms with van der Waals surface area (Å²) in [5.41, 5.74) is -0.475. The summed E-state index contributed by atoms with van der Waals surface area (Å²) in [5, 5.41) is 2.43. The molecule has 0 saturated heterocycles. The number of hydrogen-bond donors (Lipinski definition) is 1. The molecule has 0 spiro atoms. The molecule has 0 unspecified atom stereocenters. The van der Waals surface area contributed by atoms with Crippen molar-refractivity contribution in [1.29, 1.82) is 0 Å². The first-order valence-corrected chi connectivity index (χ1v) is 8.88. The van der Waals surface area contributed by atoms with Crippen LogP contribution in [0.3, 0.4) is 0 Å². The van der Waals surface area contributed by atoms with E-state index in [0.717, 1.165) is 22.5 Å². The molecular formula is C17H17F3N2O3S. The van der Waals surface area contributed by atoms with Gasteiger partial charge in [-0.2, -0.15) is 13.2 Å². The zero-order valence-electron chi connectivity index (χ0n) is 14.3. The van der Waals surface area contributed by atoms with E-state index in [4.69, 9.17) is 0 Å². The first-order valence-electron chi connectivity index (χ1n) is 7.44. The maximum absolute atomic E-state index is 12.8. The summed E-state index contributed by atoms with van der Waals surface area (Å²) >= 11 is 0. The molecule has 0 saturated carbocycles. The Morgan fingerprint density at radius 1 is 1.08 bits per heavy atom. The molecule has 0 aliphatic rings. The van der Waals surface area contributed by atoms with Crippen molar-refractivity contribution < 1.29 is 26.4 Å². The maximum Gasteiger partial charge on any atom is 0.416 e. The first kappa shape index (κ1) is 19.9. The summed E-state index contributed by atoms with van der Waals surface area (Å²) in [6.07, 6.45) is -4.56. The third-order valence-electron chi connectivity index (χ3n) is 3.66. The average Bonchev–Trinajstić information content (AvgIpc) is 2.55. The molecule has 2 aromatic rings. The van der Waals surface area contributed by atoms with Crippen molar-refractivity contribution in [2.24, 2.45) is 0 Å². The third kappa shape index (κ3) is 4.23. The van der Waals surface area contributed by atoms with Crippen molar-refractivity contribution >= 4 is 21.6 Å². The van der Waals surface area contributed by atoms with E-state index in [1.807, 2.05) is 0 Å². The molecule has 9 heteroatoms. The summed E-state index contributed by atoms with van der Waals surface area (Å²) < 4.78 is 63.9. The van der Waals surface area contributed by atoms with E-state index in [0.29, 0.717) is 5.56 Å². The standard InChI is InChI=1S/C17H17F3N2O3S/c1-11-7-8-14(10-15(11)26(24,25)22(2)3)21-16(23)12-5-4-6-13(9-12)17(18,19)20/h4-10H,1-3H3,(H,21,23). The van der Waals surface area contributed by atoms with Crippen LogP contribution in [-0.4, -0.2) is 32.7 Å². The Morgan fingerprint density at radius 2 is 1.73 bits per heavy atom. The number of nitrogens with one attached hydrogen (secondary N) is 1.